The Balaban J connectivity index is 2.00. The van der Waals surface area contributed by atoms with Crippen LogP contribution < -0.4 is 5.32 Å². The average Bonchev–Trinajstić information content (AvgIpc) is 3.15. The normalized spacial score (nSPS) is 14.0. The second kappa shape index (κ2) is 5.41. The van der Waals surface area contributed by atoms with Crippen LogP contribution in [0.2, 0.25) is 0 Å². The predicted molar refractivity (Wildman–Crippen MR) is 80.3 cm³/mol. The van der Waals surface area contributed by atoms with Gasteiger partial charge in [0.25, 0.3) is 5.91 Å². The van der Waals surface area contributed by atoms with E-state index in [9.17, 15) is 14.0 Å². The lowest BCUT2D eigenvalue weighted by atomic mass is 10.0. The Morgan fingerprint density at radius 2 is 2.14 bits per heavy atom. The first-order valence-electron chi connectivity index (χ1n) is 6.75. The fourth-order valence-electron chi connectivity index (χ4n) is 2.12. The molecule has 1 aromatic carbocycles. The molecular weight excluding hydrogens is 289 g/mol. The van der Waals surface area contributed by atoms with Crippen molar-refractivity contribution < 1.29 is 14.0 Å². The molecular formula is C16H14FNO2S. The van der Waals surface area contributed by atoms with Crippen LogP contribution in [0, 0.1) is 12.7 Å². The number of hydrogen-bond acceptors (Lipinski definition) is 3. The molecule has 5 heteroatoms. The van der Waals surface area contributed by atoms with E-state index in [0.717, 1.165) is 24.0 Å². The van der Waals surface area contributed by atoms with Gasteiger partial charge < -0.3 is 5.32 Å². The molecule has 1 amide bonds. The smallest absolute Gasteiger partial charge is 0.251 e. The summed E-state index contributed by atoms with van der Waals surface area (Å²) in [5, 5.41) is 2.85. The van der Waals surface area contributed by atoms with Gasteiger partial charge >= 0.3 is 0 Å². The van der Waals surface area contributed by atoms with E-state index in [1.54, 1.807) is 25.1 Å². The number of hydrogen-bond donors (Lipinski definition) is 1. The molecule has 0 saturated heterocycles. The highest BCUT2D eigenvalue weighted by atomic mass is 32.1. The summed E-state index contributed by atoms with van der Waals surface area (Å²) in [4.78, 5) is 24.2. The molecule has 1 aromatic heterocycles. The lowest BCUT2D eigenvalue weighted by Crippen LogP contribution is -2.25. The van der Waals surface area contributed by atoms with Crippen LogP contribution in [0.4, 0.5) is 4.39 Å². The fourth-order valence-corrected chi connectivity index (χ4v) is 3.02. The molecule has 21 heavy (non-hydrogen) atoms. The first-order chi connectivity index (χ1) is 10.1. The Labute approximate surface area is 125 Å². The fraction of sp³-hybridized carbons (Fsp3) is 0.250. The van der Waals surface area contributed by atoms with Crippen molar-refractivity contribution in [3.05, 3.63) is 46.1 Å². The van der Waals surface area contributed by atoms with Gasteiger partial charge in [0.15, 0.2) is 6.29 Å². The van der Waals surface area contributed by atoms with E-state index in [1.807, 2.05) is 0 Å². The van der Waals surface area contributed by atoms with Gasteiger partial charge in [0, 0.05) is 16.5 Å². The van der Waals surface area contributed by atoms with Gasteiger partial charge in [0.05, 0.1) is 4.88 Å². The predicted octanol–water partition coefficient (Wildman–Crippen LogP) is 3.57. The van der Waals surface area contributed by atoms with Crippen LogP contribution in [-0.4, -0.2) is 18.2 Å². The molecule has 1 aliphatic rings. The summed E-state index contributed by atoms with van der Waals surface area (Å²) < 4.78 is 14.1. The van der Waals surface area contributed by atoms with Gasteiger partial charge in [-0.25, -0.2) is 4.39 Å². The Hall–Kier alpha value is -2.01. The second-order valence-corrected chi connectivity index (χ2v) is 6.31. The Bertz CT molecular complexity index is 719. The first kappa shape index (κ1) is 13.9. The van der Waals surface area contributed by atoms with E-state index in [1.165, 1.54) is 17.4 Å². The highest BCUT2D eigenvalue weighted by Gasteiger charge is 2.24. The molecule has 0 aliphatic heterocycles. The van der Waals surface area contributed by atoms with E-state index in [4.69, 9.17) is 0 Å². The van der Waals surface area contributed by atoms with E-state index >= 15 is 0 Å². The average molecular weight is 303 g/mol. The van der Waals surface area contributed by atoms with Gasteiger partial charge in [-0.2, -0.15) is 0 Å². The second-order valence-electron chi connectivity index (χ2n) is 5.20. The minimum Gasteiger partial charge on any atom is -0.349 e. The summed E-state index contributed by atoms with van der Waals surface area (Å²) in [6, 6.07) is 6.66. The Kier molecular flexibility index (Phi) is 3.59. The minimum absolute atomic E-state index is 0.230. The molecule has 0 atom stereocenters. The lowest BCUT2D eigenvalue weighted by Gasteiger charge is -2.09. The van der Waals surface area contributed by atoms with Crippen LogP contribution in [0.3, 0.4) is 0 Å². The molecule has 3 rings (SSSR count). The van der Waals surface area contributed by atoms with E-state index in [2.05, 4.69) is 5.32 Å². The largest absolute Gasteiger partial charge is 0.349 e. The minimum atomic E-state index is -0.408. The molecule has 1 saturated carbocycles. The Morgan fingerprint density at radius 3 is 2.76 bits per heavy atom. The van der Waals surface area contributed by atoms with Gasteiger partial charge in [-0.1, -0.05) is 0 Å². The van der Waals surface area contributed by atoms with Crippen molar-refractivity contribution in [3.63, 3.8) is 0 Å². The van der Waals surface area contributed by atoms with Crippen molar-refractivity contribution in [3.8, 4) is 10.4 Å². The molecule has 0 spiro atoms. The highest BCUT2D eigenvalue weighted by Crippen LogP contribution is 2.32. The first-order valence-corrected chi connectivity index (χ1v) is 7.56. The maximum absolute atomic E-state index is 14.1. The SMILES string of the molecule is Cc1c(F)cc(C(=O)NC2CC2)cc1-c1ccc(C=O)s1. The van der Waals surface area contributed by atoms with Crippen molar-refractivity contribution in [2.45, 2.75) is 25.8 Å². The topological polar surface area (TPSA) is 46.2 Å². The number of nitrogens with one attached hydrogen (secondary N) is 1. The van der Waals surface area contributed by atoms with Crippen LogP contribution >= 0.6 is 11.3 Å². The third-order valence-electron chi connectivity index (χ3n) is 3.53. The maximum atomic E-state index is 14.1. The molecule has 2 aromatic rings. The number of carbonyl (C=O) groups excluding carboxylic acids is 2. The van der Waals surface area contributed by atoms with E-state index < -0.39 is 5.82 Å². The molecule has 3 nitrogen and oxygen atoms in total. The summed E-state index contributed by atoms with van der Waals surface area (Å²) >= 11 is 1.29. The maximum Gasteiger partial charge on any atom is 0.251 e. The van der Waals surface area contributed by atoms with Gasteiger partial charge in [-0.15, -0.1) is 11.3 Å². The molecule has 1 aliphatic carbocycles. The van der Waals surface area contributed by atoms with Crippen molar-refractivity contribution in [2.24, 2.45) is 0 Å². The van der Waals surface area contributed by atoms with Crippen molar-refractivity contribution >= 4 is 23.5 Å². The van der Waals surface area contributed by atoms with Crippen molar-refractivity contribution in [1.29, 1.82) is 0 Å². The van der Waals surface area contributed by atoms with Gasteiger partial charge in [0.1, 0.15) is 5.82 Å². The summed E-state index contributed by atoms with van der Waals surface area (Å²) in [7, 11) is 0. The molecule has 1 fully saturated rings. The third-order valence-corrected chi connectivity index (χ3v) is 4.57. The molecule has 1 heterocycles. The molecule has 0 unspecified atom stereocenters. The third kappa shape index (κ3) is 2.88. The van der Waals surface area contributed by atoms with Crippen LogP contribution in [0.1, 0.15) is 38.4 Å². The summed E-state index contributed by atoms with van der Waals surface area (Å²) in [6.45, 7) is 1.67. The van der Waals surface area contributed by atoms with E-state index in [-0.39, 0.29) is 11.9 Å². The van der Waals surface area contributed by atoms with Gasteiger partial charge in [-0.3, -0.25) is 9.59 Å². The number of benzene rings is 1. The van der Waals surface area contributed by atoms with Crippen LogP contribution in [-0.2, 0) is 0 Å². The zero-order valence-corrected chi connectivity index (χ0v) is 12.3. The molecule has 0 radical (unpaired) electrons. The number of aldehydes is 1. The highest BCUT2D eigenvalue weighted by molar-refractivity contribution is 7.17. The van der Waals surface area contributed by atoms with Crippen molar-refractivity contribution in [2.75, 3.05) is 0 Å². The van der Waals surface area contributed by atoms with E-state index in [0.29, 0.717) is 21.6 Å². The monoisotopic (exact) mass is 303 g/mol. The van der Waals surface area contributed by atoms with Crippen LogP contribution in [0.5, 0.6) is 0 Å². The lowest BCUT2D eigenvalue weighted by molar-refractivity contribution is 0.0950. The number of amides is 1. The quantitative estimate of drug-likeness (QED) is 0.878. The van der Waals surface area contributed by atoms with Crippen molar-refractivity contribution in [1.82, 2.24) is 5.32 Å². The summed E-state index contributed by atoms with van der Waals surface area (Å²) in [5.41, 5.74) is 1.47. The molecule has 1 N–H and O–H groups in total. The number of rotatable bonds is 4. The Morgan fingerprint density at radius 1 is 1.38 bits per heavy atom. The molecule has 0 bridgehead atoms. The zero-order chi connectivity index (χ0) is 15.0. The van der Waals surface area contributed by atoms with Gasteiger partial charge in [0.2, 0.25) is 0 Å². The zero-order valence-electron chi connectivity index (χ0n) is 11.5. The number of thiophene rings is 1. The molecule has 108 valence electrons. The van der Waals surface area contributed by atoms with Gasteiger partial charge in [-0.05, 0) is 55.2 Å². The summed E-state index contributed by atoms with van der Waals surface area (Å²) in [6.07, 6.45) is 2.74. The standard InChI is InChI=1S/C16H14FNO2S/c1-9-13(15-5-4-12(8-19)21-15)6-10(7-14(9)17)16(20)18-11-2-3-11/h4-8,11H,2-3H2,1H3,(H,18,20). The summed E-state index contributed by atoms with van der Waals surface area (Å²) in [5.74, 6) is -0.653. The van der Waals surface area contributed by atoms with Crippen LogP contribution in [0.15, 0.2) is 24.3 Å². The van der Waals surface area contributed by atoms with Crippen LogP contribution in [0.25, 0.3) is 10.4 Å². The number of carbonyl (C=O) groups is 2. The number of halogens is 1.